The van der Waals surface area contributed by atoms with Crippen LogP contribution < -0.4 is 9.64 Å². The van der Waals surface area contributed by atoms with Crippen molar-refractivity contribution >= 4 is 22.6 Å². The second kappa shape index (κ2) is 9.79. The van der Waals surface area contributed by atoms with E-state index < -0.39 is 5.97 Å². The molecule has 1 saturated heterocycles. The highest BCUT2D eigenvalue weighted by Gasteiger charge is 2.26. The van der Waals surface area contributed by atoms with Crippen molar-refractivity contribution in [1.29, 1.82) is 0 Å². The molecule has 1 fully saturated rings. The Morgan fingerprint density at radius 1 is 0.943 bits per heavy atom. The first kappa shape index (κ1) is 22.9. The Morgan fingerprint density at radius 3 is 2.31 bits per heavy atom. The van der Waals surface area contributed by atoms with Gasteiger partial charge < -0.3 is 14.7 Å². The lowest BCUT2D eigenvalue weighted by Crippen LogP contribution is -2.36. The van der Waals surface area contributed by atoms with E-state index in [1.165, 1.54) is 0 Å². The molecule has 0 saturated carbocycles. The van der Waals surface area contributed by atoms with Crippen LogP contribution in [0.3, 0.4) is 0 Å². The third-order valence-corrected chi connectivity index (χ3v) is 6.62. The number of aliphatic carboxylic acids is 1. The first-order chi connectivity index (χ1) is 17.0. The number of carbonyl (C=O) groups is 1. The second-order valence-corrected chi connectivity index (χ2v) is 9.38. The van der Waals surface area contributed by atoms with Crippen LogP contribution in [-0.2, 0) is 4.79 Å². The van der Waals surface area contributed by atoms with E-state index >= 15 is 0 Å². The second-order valence-electron chi connectivity index (χ2n) is 9.38. The highest BCUT2D eigenvalue weighted by Crippen LogP contribution is 2.35. The molecule has 4 aromatic rings. The van der Waals surface area contributed by atoms with E-state index in [1.807, 2.05) is 50.2 Å². The number of hydrogen-bond acceptors (Lipinski definition) is 4. The number of nitrogens with zero attached hydrogens (tertiary/aromatic N) is 2. The van der Waals surface area contributed by atoms with Crippen molar-refractivity contribution in [3.05, 3.63) is 78.9 Å². The molecule has 5 heteroatoms. The number of hydrogen-bond donors (Lipinski definition) is 1. The zero-order chi connectivity index (χ0) is 24.4. The number of carboxylic acid groups (broad SMARTS) is 1. The maximum Gasteiger partial charge on any atom is 0.306 e. The molecule has 5 nitrogen and oxygen atoms in total. The van der Waals surface area contributed by atoms with Crippen molar-refractivity contribution in [3.8, 4) is 28.1 Å². The molecule has 178 valence electrons. The normalized spacial score (nSPS) is 14.4. The van der Waals surface area contributed by atoms with Crippen LogP contribution in [0.5, 0.6) is 5.75 Å². The van der Waals surface area contributed by atoms with Gasteiger partial charge in [0.1, 0.15) is 5.75 Å². The first-order valence-electron chi connectivity index (χ1n) is 12.2. The Kier molecular flexibility index (Phi) is 6.41. The lowest BCUT2D eigenvalue weighted by Gasteiger charge is -2.33. The third-order valence-electron chi connectivity index (χ3n) is 6.62. The number of carboxylic acids is 1. The quantitative estimate of drug-likeness (QED) is 0.344. The summed E-state index contributed by atoms with van der Waals surface area (Å²) in [6.07, 6.45) is 1.43. The number of fused-ring (bicyclic) bond motifs is 1. The van der Waals surface area contributed by atoms with Crippen LogP contribution in [0.1, 0.15) is 26.7 Å². The van der Waals surface area contributed by atoms with E-state index in [0.717, 1.165) is 57.8 Å². The number of anilines is 1. The van der Waals surface area contributed by atoms with Gasteiger partial charge in [0, 0.05) is 35.3 Å². The zero-order valence-corrected chi connectivity index (χ0v) is 20.1. The Morgan fingerprint density at radius 2 is 1.60 bits per heavy atom. The van der Waals surface area contributed by atoms with Gasteiger partial charge in [0.2, 0.25) is 0 Å². The molecule has 2 heterocycles. The van der Waals surface area contributed by atoms with E-state index in [1.54, 1.807) is 0 Å². The van der Waals surface area contributed by atoms with Gasteiger partial charge in [0.15, 0.2) is 0 Å². The largest absolute Gasteiger partial charge is 0.490 e. The van der Waals surface area contributed by atoms with E-state index in [2.05, 4.69) is 47.4 Å². The molecule has 1 N–H and O–H groups in total. The topological polar surface area (TPSA) is 62.7 Å². The molecule has 1 aliphatic rings. The van der Waals surface area contributed by atoms with E-state index in [0.29, 0.717) is 12.8 Å². The fourth-order valence-corrected chi connectivity index (χ4v) is 4.82. The summed E-state index contributed by atoms with van der Waals surface area (Å²) in [4.78, 5) is 18.7. The highest BCUT2D eigenvalue weighted by molar-refractivity contribution is 5.94. The molecule has 0 amide bonds. The lowest BCUT2D eigenvalue weighted by molar-refractivity contribution is -0.142. The zero-order valence-electron chi connectivity index (χ0n) is 20.1. The Bertz CT molecular complexity index is 1340. The number of para-hydroxylation sites is 2. The average molecular weight is 467 g/mol. The van der Waals surface area contributed by atoms with Gasteiger partial charge >= 0.3 is 5.97 Å². The smallest absolute Gasteiger partial charge is 0.306 e. The van der Waals surface area contributed by atoms with Crippen molar-refractivity contribution in [2.45, 2.75) is 32.8 Å². The fraction of sp³-hybridized carbons (Fsp3) is 0.267. The number of aromatic nitrogens is 1. The van der Waals surface area contributed by atoms with Crippen LogP contribution in [0, 0.1) is 5.92 Å². The van der Waals surface area contributed by atoms with Crippen molar-refractivity contribution < 1.29 is 14.6 Å². The molecule has 5 rings (SSSR count). The fourth-order valence-electron chi connectivity index (χ4n) is 4.82. The predicted molar refractivity (Wildman–Crippen MR) is 141 cm³/mol. The van der Waals surface area contributed by atoms with Crippen LogP contribution in [0.15, 0.2) is 78.9 Å². The molecule has 1 aliphatic heterocycles. The molecule has 0 unspecified atom stereocenters. The maximum atomic E-state index is 11.4. The highest BCUT2D eigenvalue weighted by atomic mass is 16.5. The van der Waals surface area contributed by atoms with Crippen LogP contribution >= 0.6 is 0 Å². The summed E-state index contributed by atoms with van der Waals surface area (Å²) in [5.74, 6) is -0.0644. The van der Waals surface area contributed by atoms with Crippen molar-refractivity contribution in [1.82, 2.24) is 4.98 Å². The first-order valence-corrected chi connectivity index (χ1v) is 12.2. The molecule has 0 atom stereocenters. The summed E-state index contributed by atoms with van der Waals surface area (Å²) >= 11 is 0. The summed E-state index contributed by atoms with van der Waals surface area (Å²) in [6, 6.07) is 26.9. The summed E-state index contributed by atoms with van der Waals surface area (Å²) in [5.41, 5.74) is 6.19. The third kappa shape index (κ3) is 4.85. The van der Waals surface area contributed by atoms with Gasteiger partial charge in [-0.15, -0.1) is 0 Å². The minimum absolute atomic E-state index is 0.108. The van der Waals surface area contributed by atoms with Gasteiger partial charge in [-0.05, 0) is 50.5 Å². The van der Waals surface area contributed by atoms with Crippen LogP contribution in [-0.4, -0.2) is 35.3 Å². The van der Waals surface area contributed by atoms with E-state index in [-0.39, 0.29) is 12.0 Å². The number of pyridine rings is 1. The maximum absolute atomic E-state index is 11.4. The van der Waals surface area contributed by atoms with Gasteiger partial charge in [0.25, 0.3) is 0 Å². The van der Waals surface area contributed by atoms with Crippen molar-refractivity contribution in [3.63, 3.8) is 0 Å². The molecule has 0 spiro atoms. The molecule has 3 aromatic carbocycles. The van der Waals surface area contributed by atoms with Crippen LogP contribution in [0.2, 0.25) is 0 Å². The van der Waals surface area contributed by atoms with E-state index in [4.69, 9.17) is 9.72 Å². The molecule has 0 bridgehead atoms. The van der Waals surface area contributed by atoms with Gasteiger partial charge in [-0.3, -0.25) is 4.79 Å². The number of benzene rings is 3. The molecule has 0 aliphatic carbocycles. The van der Waals surface area contributed by atoms with Gasteiger partial charge in [0.05, 0.1) is 23.2 Å². The summed E-state index contributed by atoms with van der Waals surface area (Å²) in [6.45, 7) is 5.53. The average Bonchev–Trinajstić information content (AvgIpc) is 2.88. The van der Waals surface area contributed by atoms with Crippen LogP contribution in [0.25, 0.3) is 33.3 Å². The molecular formula is C30H30N2O3. The van der Waals surface area contributed by atoms with Gasteiger partial charge in [-0.2, -0.15) is 0 Å². The molecular weight excluding hydrogens is 436 g/mol. The Labute approximate surface area is 206 Å². The van der Waals surface area contributed by atoms with E-state index in [9.17, 15) is 9.90 Å². The number of piperidine rings is 1. The van der Waals surface area contributed by atoms with Crippen molar-refractivity contribution in [2.75, 3.05) is 18.0 Å². The van der Waals surface area contributed by atoms with Crippen LogP contribution in [0.4, 0.5) is 5.69 Å². The summed E-state index contributed by atoms with van der Waals surface area (Å²) < 4.78 is 6.01. The standard InChI is InChI=1S/C30H30N2O3/c1-20(2)35-29-10-6-4-7-24(29)21-11-13-22(14-12-21)27-19-28(25-8-3-5-9-26(25)31-27)32-17-15-23(16-18-32)30(33)34/h3-14,19-20,23H,15-18H2,1-2H3,(H,33,34). The summed E-state index contributed by atoms with van der Waals surface area (Å²) in [5, 5.41) is 10.5. The van der Waals surface area contributed by atoms with Gasteiger partial charge in [-0.25, -0.2) is 4.98 Å². The number of rotatable bonds is 6. The Balaban J connectivity index is 1.49. The van der Waals surface area contributed by atoms with Gasteiger partial charge in [-0.1, -0.05) is 60.7 Å². The van der Waals surface area contributed by atoms with Crippen molar-refractivity contribution in [2.24, 2.45) is 5.92 Å². The monoisotopic (exact) mass is 466 g/mol. The summed E-state index contributed by atoms with van der Waals surface area (Å²) in [7, 11) is 0. The minimum Gasteiger partial charge on any atom is -0.490 e. The molecule has 1 aromatic heterocycles. The number of ether oxygens (including phenoxy) is 1. The predicted octanol–water partition coefficient (Wildman–Crippen LogP) is 6.66. The minimum atomic E-state index is -0.689. The Hall–Kier alpha value is -3.86. The lowest BCUT2D eigenvalue weighted by atomic mass is 9.96. The SMILES string of the molecule is CC(C)Oc1ccccc1-c1ccc(-c2cc(N3CCC(C(=O)O)CC3)c3ccccc3n2)cc1. The molecule has 35 heavy (non-hydrogen) atoms. The molecule has 0 radical (unpaired) electrons.